The van der Waals surface area contributed by atoms with Gasteiger partial charge in [0.05, 0.1) is 12.2 Å². The molecule has 0 unspecified atom stereocenters. The summed E-state index contributed by atoms with van der Waals surface area (Å²) in [5, 5.41) is 34.6. The molecule has 10 nitrogen and oxygen atoms in total. The molecule has 47 heavy (non-hydrogen) atoms. The van der Waals surface area contributed by atoms with E-state index in [1.54, 1.807) is 32.1 Å². The number of carbonyl (C=O) groups excluding carboxylic acids is 2. The Morgan fingerprint density at radius 2 is 1.72 bits per heavy atom. The van der Waals surface area contributed by atoms with Crippen molar-refractivity contribution in [2.24, 2.45) is 17.8 Å². The van der Waals surface area contributed by atoms with E-state index in [1.165, 1.54) is 51.9 Å². The van der Waals surface area contributed by atoms with Gasteiger partial charge in [-0.25, -0.2) is 0 Å². The number of aliphatic hydroxyl groups excluding tert-OH is 2. The molecule has 6 rings (SSSR count). The van der Waals surface area contributed by atoms with Gasteiger partial charge in [-0.05, 0) is 37.8 Å². The Morgan fingerprint density at radius 1 is 1.04 bits per heavy atom. The lowest BCUT2D eigenvalue weighted by molar-refractivity contribution is -0.407. The fraction of sp³-hybridized carbons (Fsp3) is 0.730. The SMILES string of the molecule is C=C(C)[C@@]12O[C@@]3(/C=C/C=C/CCCCCCCCCC)O[C@@H]1[C@@H]1[C@@H]4O[C@]4(CO)[C@@H](O)[C@]4(O)C(=O)C(C)=C[C@H]4[C@@]1(O3)[C@@H](C)[C@H]2OC(C)=O. The summed E-state index contributed by atoms with van der Waals surface area (Å²) in [5.74, 6) is -5.58. The van der Waals surface area contributed by atoms with Crippen LogP contribution in [0.5, 0.6) is 0 Å². The van der Waals surface area contributed by atoms with E-state index in [2.05, 4.69) is 19.6 Å². The molecule has 12 atom stereocenters. The maximum atomic E-state index is 13.7. The zero-order valence-corrected chi connectivity index (χ0v) is 28.4. The number of hydrogen-bond donors (Lipinski definition) is 3. The van der Waals surface area contributed by atoms with Crippen LogP contribution >= 0.6 is 0 Å². The number of epoxide rings is 1. The summed E-state index contributed by atoms with van der Waals surface area (Å²) < 4.78 is 32.6. The summed E-state index contributed by atoms with van der Waals surface area (Å²) in [5.41, 5.74) is -6.13. The Bertz CT molecular complexity index is 1370. The number of esters is 1. The maximum Gasteiger partial charge on any atom is 0.307 e. The van der Waals surface area contributed by atoms with Gasteiger partial charge in [-0.1, -0.05) is 89.7 Å². The molecule has 3 heterocycles. The molecule has 3 aliphatic carbocycles. The number of carbonyl (C=O) groups is 2. The summed E-state index contributed by atoms with van der Waals surface area (Å²) in [6.45, 7) is 12.3. The first-order valence-electron chi connectivity index (χ1n) is 17.5. The van der Waals surface area contributed by atoms with Gasteiger partial charge >= 0.3 is 11.9 Å². The van der Waals surface area contributed by atoms with Crippen molar-refractivity contribution in [1.82, 2.24) is 0 Å². The molecule has 2 saturated carbocycles. The van der Waals surface area contributed by atoms with Gasteiger partial charge in [0.2, 0.25) is 0 Å². The van der Waals surface area contributed by atoms with Crippen LogP contribution in [0.4, 0.5) is 0 Å². The monoisotopic (exact) mass is 656 g/mol. The van der Waals surface area contributed by atoms with E-state index >= 15 is 0 Å². The van der Waals surface area contributed by atoms with Crippen molar-refractivity contribution in [3.05, 3.63) is 48.1 Å². The van der Waals surface area contributed by atoms with E-state index in [4.69, 9.17) is 23.7 Å². The zero-order chi connectivity index (χ0) is 34.0. The van der Waals surface area contributed by atoms with Crippen molar-refractivity contribution in [1.29, 1.82) is 0 Å². The molecule has 10 heteroatoms. The van der Waals surface area contributed by atoms with Crippen molar-refractivity contribution in [2.75, 3.05) is 6.61 Å². The predicted octanol–water partition coefficient (Wildman–Crippen LogP) is 4.36. The highest BCUT2D eigenvalue weighted by atomic mass is 16.9. The topological polar surface area (TPSA) is 144 Å². The molecule has 3 N–H and O–H groups in total. The van der Waals surface area contributed by atoms with Crippen molar-refractivity contribution in [3.63, 3.8) is 0 Å². The fourth-order valence-corrected chi connectivity index (χ4v) is 9.55. The number of rotatable bonds is 14. The van der Waals surface area contributed by atoms with Crippen LogP contribution in [0.15, 0.2) is 48.1 Å². The molecule has 0 aromatic carbocycles. The van der Waals surface area contributed by atoms with Crippen LogP contribution in [0.2, 0.25) is 0 Å². The molecular weight excluding hydrogens is 604 g/mol. The molecule has 6 aliphatic rings. The first-order chi connectivity index (χ1) is 22.3. The standard InChI is InChI=1S/C37H52O10/c1-7-8-9-10-11-12-13-14-15-16-17-18-19-34-45-31-27-30-33(21-38,44-30)32(41)35(42)26(20-23(4)28(35)40)37(27,47-34)24(5)29(43-25(6)39)36(31,46-34)22(2)3/h16-20,24,26-27,29-32,38,41-42H,2,7-15,21H2,1,3-6H3/b17-16+,19-18+/t24-,26+,27-,29+,30-,31+,32+,33-,34+,35+,36-,37-/m0/s1. The van der Waals surface area contributed by atoms with E-state index in [0.717, 1.165) is 12.8 Å². The lowest BCUT2D eigenvalue weighted by Gasteiger charge is -2.61. The Kier molecular flexibility index (Phi) is 9.07. The lowest BCUT2D eigenvalue weighted by atomic mass is 9.53. The van der Waals surface area contributed by atoms with Gasteiger partial charge < -0.3 is 39.0 Å². The van der Waals surface area contributed by atoms with E-state index in [1.807, 2.05) is 13.0 Å². The Balaban J connectivity index is 1.35. The number of hydrogen-bond acceptors (Lipinski definition) is 10. The van der Waals surface area contributed by atoms with Crippen molar-refractivity contribution in [3.8, 4) is 0 Å². The van der Waals surface area contributed by atoms with Crippen LogP contribution in [-0.4, -0.2) is 86.5 Å². The van der Waals surface area contributed by atoms with Gasteiger partial charge in [0.25, 0.3) is 0 Å². The highest BCUT2D eigenvalue weighted by Gasteiger charge is 2.90. The summed E-state index contributed by atoms with van der Waals surface area (Å²) in [4.78, 5) is 26.4. The van der Waals surface area contributed by atoms with Gasteiger partial charge in [-0.3, -0.25) is 9.59 Å². The van der Waals surface area contributed by atoms with Crippen molar-refractivity contribution < 1.29 is 48.6 Å². The number of ether oxygens (including phenoxy) is 5. The summed E-state index contributed by atoms with van der Waals surface area (Å²) in [6, 6.07) is 0. The molecule has 3 bridgehead atoms. The van der Waals surface area contributed by atoms with E-state index in [9.17, 15) is 24.9 Å². The van der Waals surface area contributed by atoms with Crippen LogP contribution in [0, 0.1) is 17.8 Å². The lowest BCUT2D eigenvalue weighted by Crippen LogP contribution is -2.76. The molecular formula is C37H52O10. The first-order valence-corrected chi connectivity index (χ1v) is 17.5. The Morgan fingerprint density at radius 3 is 2.36 bits per heavy atom. The summed E-state index contributed by atoms with van der Waals surface area (Å²) >= 11 is 0. The predicted molar refractivity (Wildman–Crippen MR) is 172 cm³/mol. The second-order valence-electron chi connectivity index (χ2n) is 14.7. The highest BCUT2D eigenvalue weighted by Crippen LogP contribution is 2.73. The summed E-state index contributed by atoms with van der Waals surface area (Å²) in [6.07, 6.45) is 15.5. The molecule has 3 aliphatic heterocycles. The maximum absolute atomic E-state index is 13.7. The molecule has 0 aromatic rings. The largest absolute Gasteiger partial charge is 0.459 e. The van der Waals surface area contributed by atoms with Crippen LogP contribution in [0.3, 0.4) is 0 Å². The van der Waals surface area contributed by atoms with E-state index < -0.39 is 88.9 Å². The zero-order valence-electron chi connectivity index (χ0n) is 28.4. The Labute approximate surface area is 277 Å². The minimum absolute atomic E-state index is 0.252. The molecule has 5 fully saturated rings. The quantitative estimate of drug-likeness (QED) is 0.0811. The third-order valence-corrected chi connectivity index (χ3v) is 11.8. The van der Waals surface area contributed by atoms with Crippen molar-refractivity contribution in [2.45, 2.75) is 145 Å². The van der Waals surface area contributed by atoms with Crippen LogP contribution < -0.4 is 0 Å². The second-order valence-corrected chi connectivity index (χ2v) is 14.7. The van der Waals surface area contributed by atoms with Gasteiger partial charge in [0.1, 0.15) is 30.0 Å². The van der Waals surface area contributed by atoms with Crippen LogP contribution in [0.1, 0.15) is 92.4 Å². The van der Waals surface area contributed by atoms with Gasteiger partial charge in [-0.2, -0.15) is 0 Å². The van der Waals surface area contributed by atoms with Crippen LogP contribution in [-0.2, 0) is 33.3 Å². The highest BCUT2D eigenvalue weighted by molar-refractivity contribution is 6.05. The number of allylic oxidation sites excluding steroid dienone is 3. The third kappa shape index (κ3) is 4.84. The minimum Gasteiger partial charge on any atom is -0.459 e. The van der Waals surface area contributed by atoms with Gasteiger partial charge in [0, 0.05) is 30.8 Å². The molecule has 0 amide bonds. The van der Waals surface area contributed by atoms with Crippen LogP contribution in [0.25, 0.3) is 0 Å². The fourth-order valence-electron chi connectivity index (χ4n) is 9.55. The Hall–Kier alpha value is -2.18. The number of ketones is 1. The second kappa shape index (κ2) is 12.3. The summed E-state index contributed by atoms with van der Waals surface area (Å²) in [7, 11) is 0. The number of fused-ring (bicyclic) bond motifs is 3. The number of Topliss-reactive ketones (excluding diaryl/α,β-unsaturated/α-hetero) is 1. The normalized spacial score (nSPS) is 45.9. The molecule has 0 aromatic heterocycles. The molecule has 0 radical (unpaired) electrons. The smallest absolute Gasteiger partial charge is 0.307 e. The average Bonchev–Trinajstić information content (AvgIpc) is 3.66. The number of aliphatic hydroxyl groups is 3. The molecule has 3 saturated heterocycles. The van der Waals surface area contributed by atoms with Gasteiger partial charge in [0.15, 0.2) is 17.0 Å². The average molecular weight is 657 g/mol. The van der Waals surface area contributed by atoms with Gasteiger partial charge in [-0.15, -0.1) is 0 Å². The first kappa shape index (κ1) is 34.7. The van der Waals surface area contributed by atoms with Crippen molar-refractivity contribution >= 4 is 11.8 Å². The van der Waals surface area contributed by atoms with E-state index in [-0.39, 0.29) is 5.57 Å². The third-order valence-electron chi connectivity index (χ3n) is 11.8. The van der Waals surface area contributed by atoms with E-state index in [0.29, 0.717) is 5.57 Å². The molecule has 0 spiro atoms. The number of unbranched alkanes of at least 4 members (excludes halogenated alkanes) is 8. The molecule has 260 valence electrons. The minimum atomic E-state index is -2.38.